The summed E-state index contributed by atoms with van der Waals surface area (Å²) in [5.41, 5.74) is 0.979. The van der Waals surface area contributed by atoms with E-state index in [9.17, 15) is 18.0 Å². The van der Waals surface area contributed by atoms with E-state index in [1.807, 2.05) is 29.6 Å². The van der Waals surface area contributed by atoms with Crippen LogP contribution in [0.1, 0.15) is 22.0 Å². The van der Waals surface area contributed by atoms with Crippen LogP contribution in [0.15, 0.2) is 66.0 Å². The minimum atomic E-state index is -4.51. The lowest BCUT2D eigenvalue weighted by Gasteiger charge is -2.13. The summed E-state index contributed by atoms with van der Waals surface area (Å²) < 4.78 is 41.1. The highest BCUT2D eigenvalue weighted by Gasteiger charge is 2.31. The van der Waals surface area contributed by atoms with E-state index in [4.69, 9.17) is 0 Å². The second kappa shape index (κ2) is 8.41. The van der Waals surface area contributed by atoms with E-state index in [1.165, 1.54) is 33.1 Å². The molecule has 3 heterocycles. The van der Waals surface area contributed by atoms with Crippen LogP contribution >= 0.6 is 11.3 Å². The molecule has 0 fully saturated rings. The van der Waals surface area contributed by atoms with Gasteiger partial charge < -0.3 is 9.88 Å². The van der Waals surface area contributed by atoms with Gasteiger partial charge in [0.25, 0.3) is 5.91 Å². The van der Waals surface area contributed by atoms with Crippen molar-refractivity contribution in [1.29, 1.82) is 0 Å². The van der Waals surface area contributed by atoms with E-state index in [1.54, 1.807) is 19.2 Å². The van der Waals surface area contributed by atoms with E-state index in [0.717, 1.165) is 23.2 Å². The minimum absolute atomic E-state index is 0.126. The molecule has 7 nitrogen and oxygen atoms in total. The van der Waals surface area contributed by atoms with Crippen molar-refractivity contribution < 1.29 is 18.0 Å². The summed E-state index contributed by atoms with van der Waals surface area (Å²) in [7, 11) is 1.59. The van der Waals surface area contributed by atoms with Crippen LogP contribution in [-0.2, 0) is 12.7 Å². The molecule has 0 saturated heterocycles. The number of hydrogen-bond donors (Lipinski definition) is 1. The SMILES string of the molecule is CN(Cc1nc2ccccc2[nH]1)C(=O)c1nc(-c2cccs2)n(-c2cccc(C(F)(F)F)c2)n1. The van der Waals surface area contributed by atoms with Crippen molar-refractivity contribution in [3.63, 3.8) is 0 Å². The molecule has 0 unspecified atom stereocenters. The summed E-state index contributed by atoms with van der Waals surface area (Å²) in [5.74, 6) is 0.270. The average molecular weight is 482 g/mol. The maximum Gasteiger partial charge on any atom is 0.416 e. The Hall–Kier alpha value is -3.99. The number of H-pyrrole nitrogens is 1. The van der Waals surface area contributed by atoms with Gasteiger partial charge in [0.2, 0.25) is 5.82 Å². The van der Waals surface area contributed by atoms with Crippen molar-refractivity contribution in [3.05, 3.63) is 83.3 Å². The highest BCUT2D eigenvalue weighted by Crippen LogP contribution is 2.32. The lowest BCUT2D eigenvalue weighted by molar-refractivity contribution is -0.137. The van der Waals surface area contributed by atoms with E-state index >= 15 is 0 Å². The first kappa shape index (κ1) is 21.8. The molecule has 1 amide bonds. The zero-order valence-corrected chi connectivity index (χ0v) is 18.6. The van der Waals surface area contributed by atoms with Gasteiger partial charge in [-0.05, 0) is 41.8 Å². The molecule has 11 heteroatoms. The number of amides is 1. The number of fused-ring (bicyclic) bond motifs is 1. The van der Waals surface area contributed by atoms with Gasteiger partial charge in [0.15, 0.2) is 5.82 Å². The Bertz CT molecular complexity index is 1440. The maximum absolute atomic E-state index is 13.3. The summed E-state index contributed by atoms with van der Waals surface area (Å²) in [6.45, 7) is 0.181. The summed E-state index contributed by atoms with van der Waals surface area (Å²) >= 11 is 1.35. The van der Waals surface area contributed by atoms with Crippen molar-refractivity contribution in [2.24, 2.45) is 0 Å². The Balaban J connectivity index is 1.49. The topological polar surface area (TPSA) is 79.7 Å². The van der Waals surface area contributed by atoms with Gasteiger partial charge in [0.05, 0.1) is 33.7 Å². The molecule has 2 aromatic carbocycles. The second-order valence-corrected chi connectivity index (χ2v) is 8.51. The van der Waals surface area contributed by atoms with Crippen molar-refractivity contribution >= 4 is 28.3 Å². The summed E-state index contributed by atoms with van der Waals surface area (Å²) in [4.78, 5) is 27.2. The average Bonchev–Trinajstić information content (AvgIpc) is 3.56. The number of hydrogen-bond acceptors (Lipinski definition) is 5. The van der Waals surface area contributed by atoms with Crippen molar-refractivity contribution in [2.45, 2.75) is 12.7 Å². The number of imidazole rings is 1. The largest absolute Gasteiger partial charge is 0.416 e. The molecule has 0 radical (unpaired) electrons. The molecule has 0 atom stereocenters. The third-order valence-electron chi connectivity index (χ3n) is 5.13. The number of aromatic nitrogens is 5. The number of halogens is 3. The van der Waals surface area contributed by atoms with Crippen LogP contribution in [0.25, 0.3) is 27.4 Å². The molecule has 0 aliphatic rings. The number of para-hydroxylation sites is 2. The number of rotatable bonds is 5. The molecule has 34 heavy (non-hydrogen) atoms. The normalized spacial score (nSPS) is 11.8. The molecule has 0 aliphatic heterocycles. The van der Waals surface area contributed by atoms with Crippen LogP contribution in [0, 0.1) is 0 Å². The molecule has 0 bridgehead atoms. The fourth-order valence-electron chi connectivity index (χ4n) is 3.51. The van der Waals surface area contributed by atoms with Crippen molar-refractivity contribution in [2.75, 3.05) is 7.05 Å². The van der Waals surface area contributed by atoms with E-state index in [-0.39, 0.29) is 23.9 Å². The third kappa shape index (κ3) is 4.17. The molecule has 5 aromatic rings. The molecule has 5 rings (SSSR count). The van der Waals surface area contributed by atoms with Gasteiger partial charge in [-0.3, -0.25) is 4.79 Å². The van der Waals surface area contributed by atoms with Crippen LogP contribution in [0.4, 0.5) is 13.2 Å². The molecule has 172 valence electrons. The van der Waals surface area contributed by atoms with E-state index in [2.05, 4.69) is 20.1 Å². The van der Waals surface area contributed by atoms with E-state index < -0.39 is 17.6 Å². The lowest BCUT2D eigenvalue weighted by Crippen LogP contribution is -2.27. The van der Waals surface area contributed by atoms with Crippen molar-refractivity contribution in [3.8, 4) is 16.4 Å². The van der Waals surface area contributed by atoms with Crippen molar-refractivity contribution in [1.82, 2.24) is 29.6 Å². The highest BCUT2D eigenvalue weighted by atomic mass is 32.1. The van der Waals surface area contributed by atoms with Crippen LogP contribution < -0.4 is 0 Å². The van der Waals surface area contributed by atoms with Gasteiger partial charge in [-0.15, -0.1) is 16.4 Å². The molecule has 0 saturated carbocycles. The Kier molecular flexibility index (Phi) is 5.40. The smallest absolute Gasteiger partial charge is 0.340 e. The molecular formula is C23H17F3N6OS. The molecule has 0 aliphatic carbocycles. The van der Waals surface area contributed by atoms with E-state index in [0.29, 0.717) is 10.7 Å². The number of benzene rings is 2. The van der Waals surface area contributed by atoms with Crippen LogP contribution in [-0.4, -0.2) is 42.6 Å². The van der Waals surface area contributed by atoms with Crippen LogP contribution in [0.5, 0.6) is 0 Å². The zero-order chi connectivity index (χ0) is 23.9. The quantitative estimate of drug-likeness (QED) is 0.375. The number of thiophene rings is 1. The number of nitrogens with one attached hydrogen (secondary N) is 1. The molecule has 3 aromatic heterocycles. The molecular weight excluding hydrogens is 465 g/mol. The van der Waals surface area contributed by atoms with Gasteiger partial charge in [0, 0.05) is 7.05 Å². The number of aromatic amines is 1. The summed E-state index contributed by atoms with van der Waals surface area (Å²) in [6, 6.07) is 15.8. The van der Waals surface area contributed by atoms with Crippen LogP contribution in [0.2, 0.25) is 0 Å². The Morgan fingerprint density at radius 2 is 1.91 bits per heavy atom. The highest BCUT2D eigenvalue weighted by molar-refractivity contribution is 7.13. The number of alkyl halides is 3. The second-order valence-electron chi connectivity index (χ2n) is 7.56. The van der Waals surface area contributed by atoms with Crippen LogP contribution in [0.3, 0.4) is 0 Å². The fraction of sp³-hybridized carbons (Fsp3) is 0.130. The molecule has 1 N–H and O–H groups in total. The number of carbonyl (C=O) groups excluding carboxylic acids is 1. The van der Waals surface area contributed by atoms with Gasteiger partial charge >= 0.3 is 6.18 Å². The maximum atomic E-state index is 13.3. The Morgan fingerprint density at radius 3 is 2.65 bits per heavy atom. The summed E-state index contributed by atoms with van der Waals surface area (Å²) in [6.07, 6.45) is -4.51. The molecule has 0 spiro atoms. The number of nitrogens with zero attached hydrogens (tertiary/aromatic N) is 5. The lowest BCUT2D eigenvalue weighted by atomic mass is 10.2. The third-order valence-corrected chi connectivity index (χ3v) is 6.00. The first-order valence-electron chi connectivity index (χ1n) is 10.2. The summed E-state index contributed by atoms with van der Waals surface area (Å²) in [5, 5.41) is 6.10. The fourth-order valence-corrected chi connectivity index (χ4v) is 4.21. The van der Waals surface area contributed by atoms with Gasteiger partial charge in [-0.1, -0.05) is 24.3 Å². The Labute approximate surface area is 195 Å². The first-order chi connectivity index (χ1) is 16.3. The predicted octanol–water partition coefficient (Wildman–Crippen LogP) is 5.16. The predicted molar refractivity (Wildman–Crippen MR) is 122 cm³/mol. The first-order valence-corrected chi connectivity index (χ1v) is 11.1. The minimum Gasteiger partial charge on any atom is -0.340 e. The standard InChI is InChI=1S/C23H17F3N6OS/c1-31(13-19-27-16-8-2-3-9-17(16)28-19)22(33)20-29-21(18-10-5-11-34-18)32(30-20)15-7-4-6-14(12-15)23(24,25)26/h2-12H,13H2,1H3,(H,27,28). The number of carbonyl (C=O) groups is 1. The zero-order valence-electron chi connectivity index (χ0n) is 17.7. The van der Waals surface area contributed by atoms with Gasteiger partial charge in [-0.2, -0.15) is 13.2 Å². The van der Waals surface area contributed by atoms with Gasteiger partial charge in [-0.25, -0.2) is 14.6 Å². The monoisotopic (exact) mass is 482 g/mol. The Morgan fingerprint density at radius 1 is 1.09 bits per heavy atom. The van der Waals surface area contributed by atoms with Gasteiger partial charge in [0.1, 0.15) is 5.82 Å².